The van der Waals surface area contributed by atoms with Gasteiger partial charge in [-0.15, -0.1) is 0 Å². The molecular formula is C54H77IO3. The van der Waals surface area contributed by atoms with E-state index in [1.54, 1.807) is 0 Å². The van der Waals surface area contributed by atoms with E-state index in [0.717, 1.165) is 46.2 Å². The fraction of sp³-hybridized carbons (Fsp3) is 0.556. The normalized spacial score (nSPS) is 14.0. The van der Waals surface area contributed by atoms with Gasteiger partial charge < -0.3 is 15.3 Å². The Morgan fingerprint density at radius 2 is 0.621 bits per heavy atom. The smallest absolute Gasteiger partial charge is 0.123 e. The van der Waals surface area contributed by atoms with Crippen molar-refractivity contribution in [3.8, 4) is 17.2 Å². The van der Waals surface area contributed by atoms with Gasteiger partial charge in [-0.3, -0.25) is 0 Å². The predicted molar refractivity (Wildman–Crippen MR) is 259 cm³/mol. The maximum Gasteiger partial charge on any atom is 0.123 e. The summed E-state index contributed by atoms with van der Waals surface area (Å²) in [5.74, 6) is 1.21. The van der Waals surface area contributed by atoms with Gasteiger partial charge in [-0.2, -0.15) is 0 Å². The highest BCUT2D eigenvalue weighted by atomic mass is 127. The molecule has 0 aliphatic heterocycles. The average Bonchev–Trinajstić information content (AvgIpc) is 3.03. The van der Waals surface area contributed by atoms with Crippen LogP contribution in [0, 0.1) is 20.8 Å². The molecule has 1 unspecified atom stereocenters. The Kier molecular flexibility index (Phi) is 13.0. The number of phenolic OH excluding ortho intramolecular Hbond substituents is 3. The molecule has 0 saturated heterocycles. The average molecular weight is 901 g/mol. The SMILES string of the molecule is Cc1c(Cc2cc(C(C)(C)C)c(O)c(C(C)(C)C)c2)c(C)c(C(I)c2cc(C(C)(C)C)c(O)c(C(C)(C)C)c2)c(C)c1Cc1cc(C(C)(C)C)c(O)c(C(C)(C)C)c1. The minimum Gasteiger partial charge on any atom is -0.507 e. The summed E-state index contributed by atoms with van der Waals surface area (Å²) in [5, 5.41) is 35.1. The van der Waals surface area contributed by atoms with E-state index < -0.39 is 0 Å². The monoisotopic (exact) mass is 900 g/mol. The number of phenols is 3. The number of aromatic hydroxyl groups is 3. The molecule has 0 aliphatic rings. The molecule has 0 heterocycles. The molecule has 0 radical (unpaired) electrons. The molecule has 4 aromatic rings. The van der Waals surface area contributed by atoms with Crippen molar-refractivity contribution < 1.29 is 15.3 Å². The third kappa shape index (κ3) is 9.79. The molecule has 0 aromatic heterocycles. The van der Waals surface area contributed by atoms with Crippen LogP contribution >= 0.6 is 22.6 Å². The van der Waals surface area contributed by atoms with Gasteiger partial charge in [-0.05, 0) is 150 Å². The van der Waals surface area contributed by atoms with Crippen molar-refractivity contribution in [3.63, 3.8) is 0 Å². The predicted octanol–water partition coefficient (Wildman–Crippen LogP) is 15.2. The molecule has 0 spiro atoms. The van der Waals surface area contributed by atoms with E-state index in [4.69, 9.17) is 0 Å². The van der Waals surface area contributed by atoms with E-state index in [1.165, 1.54) is 50.1 Å². The number of hydrogen-bond acceptors (Lipinski definition) is 3. The van der Waals surface area contributed by atoms with Crippen LogP contribution in [-0.4, -0.2) is 15.3 Å². The highest BCUT2D eigenvalue weighted by molar-refractivity contribution is 14.1. The van der Waals surface area contributed by atoms with E-state index in [-0.39, 0.29) is 36.4 Å². The van der Waals surface area contributed by atoms with Crippen molar-refractivity contribution in [3.05, 3.63) is 120 Å². The second kappa shape index (κ2) is 15.8. The highest BCUT2D eigenvalue weighted by Crippen LogP contribution is 2.48. The van der Waals surface area contributed by atoms with Crippen molar-refractivity contribution in [1.82, 2.24) is 0 Å². The van der Waals surface area contributed by atoms with E-state index in [2.05, 4.69) is 204 Å². The van der Waals surface area contributed by atoms with Crippen LogP contribution < -0.4 is 0 Å². The van der Waals surface area contributed by atoms with Crippen LogP contribution in [0.3, 0.4) is 0 Å². The van der Waals surface area contributed by atoms with Gasteiger partial charge in [0.1, 0.15) is 17.2 Å². The molecule has 0 amide bonds. The van der Waals surface area contributed by atoms with Crippen LogP contribution in [0.15, 0.2) is 36.4 Å². The first-order valence-corrected chi connectivity index (χ1v) is 22.6. The van der Waals surface area contributed by atoms with Gasteiger partial charge in [-0.25, -0.2) is 0 Å². The summed E-state index contributed by atoms with van der Waals surface area (Å²) in [6.07, 6.45) is 1.47. The first kappa shape index (κ1) is 47.7. The van der Waals surface area contributed by atoms with Crippen LogP contribution in [0.1, 0.15) is 212 Å². The van der Waals surface area contributed by atoms with E-state index in [1.807, 2.05) is 0 Å². The minimum atomic E-state index is -0.243. The standard InChI is InChI=1S/C54H77IO3/c1-30-36(22-33-24-38(49(4,5)6)46(56)39(25-33)50(7,8)9)31(2)44(45(55)35-28-42(53(16,17)18)48(58)43(29-35)54(19,20)21)32(3)37(30)23-34-26-40(51(10,11)12)47(57)41(27-34)52(13,14)15/h24-29,45,56-58H,22-23H2,1-21H3. The summed E-state index contributed by atoms with van der Waals surface area (Å²) in [4.78, 5) is 0. The Morgan fingerprint density at radius 1 is 0.397 bits per heavy atom. The van der Waals surface area contributed by atoms with Gasteiger partial charge in [0.05, 0.1) is 3.92 Å². The van der Waals surface area contributed by atoms with E-state index in [0.29, 0.717) is 17.2 Å². The van der Waals surface area contributed by atoms with Crippen LogP contribution in [0.2, 0.25) is 0 Å². The lowest BCUT2D eigenvalue weighted by Crippen LogP contribution is -2.19. The van der Waals surface area contributed by atoms with Gasteiger partial charge in [0.15, 0.2) is 0 Å². The maximum absolute atomic E-state index is 11.7. The Hall–Kier alpha value is -2.99. The largest absolute Gasteiger partial charge is 0.507 e. The first-order chi connectivity index (χ1) is 26.0. The molecule has 318 valence electrons. The third-order valence-electron chi connectivity index (χ3n) is 12.2. The van der Waals surface area contributed by atoms with Crippen molar-refractivity contribution in [2.45, 2.75) is 195 Å². The molecule has 3 N–H and O–H groups in total. The summed E-state index contributed by atoms with van der Waals surface area (Å²) in [6, 6.07) is 13.4. The number of benzene rings is 4. The van der Waals surface area contributed by atoms with Gasteiger partial charge in [0.25, 0.3) is 0 Å². The van der Waals surface area contributed by atoms with Crippen LogP contribution in [0.5, 0.6) is 17.2 Å². The Bertz CT molecular complexity index is 1980. The third-order valence-corrected chi connectivity index (χ3v) is 13.6. The molecule has 0 aliphatic carbocycles. The van der Waals surface area contributed by atoms with Gasteiger partial charge in [0, 0.05) is 0 Å². The highest BCUT2D eigenvalue weighted by Gasteiger charge is 2.32. The quantitative estimate of drug-likeness (QED) is 0.133. The van der Waals surface area contributed by atoms with Gasteiger partial charge >= 0.3 is 0 Å². The van der Waals surface area contributed by atoms with Gasteiger partial charge in [0.2, 0.25) is 0 Å². The summed E-state index contributed by atoms with van der Waals surface area (Å²) < 4.78 is 0.0173. The second-order valence-corrected chi connectivity index (χ2v) is 24.8. The zero-order chi connectivity index (χ0) is 44.6. The topological polar surface area (TPSA) is 60.7 Å². The summed E-state index contributed by atoms with van der Waals surface area (Å²) in [6.45, 7) is 46.2. The lowest BCUT2D eigenvalue weighted by molar-refractivity contribution is 0.422. The van der Waals surface area contributed by atoms with Crippen LogP contribution in [0.25, 0.3) is 0 Å². The van der Waals surface area contributed by atoms with E-state index >= 15 is 0 Å². The Balaban J connectivity index is 2.15. The molecule has 4 rings (SSSR count). The lowest BCUT2D eigenvalue weighted by Gasteiger charge is -2.31. The van der Waals surface area contributed by atoms with Crippen LogP contribution in [0.4, 0.5) is 0 Å². The fourth-order valence-electron chi connectivity index (χ4n) is 8.66. The first-order valence-electron chi connectivity index (χ1n) is 21.3. The summed E-state index contributed by atoms with van der Waals surface area (Å²) in [7, 11) is 0. The van der Waals surface area contributed by atoms with Gasteiger partial charge in [-0.1, -0.05) is 184 Å². The summed E-state index contributed by atoms with van der Waals surface area (Å²) in [5.41, 5.74) is 15.9. The molecular weight excluding hydrogens is 823 g/mol. The minimum absolute atomic E-state index is 0.0173. The lowest BCUT2D eigenvalue weighted by atomic mass is 9.75. The van der Waals surface area contributed by atoms with Crippen molar-refractivity contribution in [1.29, 1.82) is 0 Å². The number of rotatable bonds is 6. The van der Waals surface area contributed by atoms with Crippen molar-refractivity contribution >= 4 is 22.6 Å². The van der Waals surface area contributed by atoms with Crippen molar-refractivity contribution in [2.75, 3.05) is 0 Å². The van der Waals surface area contributed by atoms with E-state index in [9.17, 15) is 15.3 Å². The summed E-state index contributed by atoms with van der Waals surface area (Å²) >= 11 is 2.66. The molecule has 1 atom stereocenters. The fourth-order valence-corrected chi connectivity index (χ4v) is 9.96. The van der Waals surface area contributed by atoms with Crippen molar-refractivity contribution in [2.24, 2.45) is 0 Å². The Morgan fingerprint density at radius 3 is 0.845 bits per heavy atom. The zero-order valence-electron chi connectivity index (χ0n) is 40.2. The number of alkyl halides is 1. The molecule has 58 heavy (non-hydrogen) atoms. The maximum atomic E-state index is 11.7. The number of hydrogen-bond donors (Lipinski definition) is 3. The molecule has 0 saturated carbocycles. The Labute approximate surface area is 367 Å². The molecule has 0 fully saturated rings. The number of halogens is 1. The molecule has 0 bridgehead atoms. The molecule has 4 aromatic carbocycles. The van der Waals surface area contributed by atoms with Crippen LogP contribution in [-0.2, 0) is 45.3 Å². The molecule has 3 nitrogen and oxygen atoms in total. The second-order valence-electron chi connectivity index (χ2n) is 23.5. The zero-order valence-corrected chi connectivity index (χ0v) is 42.3. The molecule has 4 heteroatoms.